The van der Waals surface area contributed by atoms with Crippen LogP contribution in [0.25, 0.3) is 16.3 Å². The highest BCUT2D eigenvalue weighted by atomic mass is 35.5. The first-order chi connectivity index (χ1) is 14.1. The van der Waals surface area contributed by atoms with Gasteiger partial charge < -0.3 is 15.5 Å². The lowest BCUT2D eigenvalue weighted by Crippen LogP contribution is -2.40. The lowest BCUT2D eigenvalue weighted by Gasteiger charge is -2.17. The van der Waals surface area contributed by atoms with Crippen LogP contribution in [0.4, 0.5) is 10.5 Å². The number of fused-ring (bicyclic) bond motifs is 1. The Labute approximate surface area is 174 Å². The fourth-order valence-electron chi connectivity index (χ4n) is 3.45. The Morgan fingerprint density at radius 3 is 2.66 bits per heavy atom. The fraction of sp³-hybridized carbons (Fsp3) is 0.130. The van der Waals surface area contributed by atoms with Gasteiger partial charge in [-0.15, -0.1) is 0 Å². The number of nitrogens with one attached hydrogen (secondary N) is 2. The van der Waals surface area contributed by atoms with E-state index in [0.29, 0.717) is 23.8 Å². The summed E-state index contributed by atoms with van der Waals surface area (Å²) in [5.41, 5.74) is 2.84. The van der Waals surface area contributed by atoms with E-state index in [1.165, 1.54) is 10.8 Å². The summed E-state index contributed by atoms with van der Waals surface area (Å²) < 4.78 is 0. The Morgan fingerprint density at radius 2 is 1.79 bits per heavy atom. The number of urea groups is 1. The molecule has 0 spiro atoms. The highest BCUT2D eigenvalue weighted by Gasteiger charge is 2.21. The van der Waals surface area contributed by atoms with Gasteiger partial charge in [0.05, 0.1) is 6.54 Å². The van der Waals surface area contributed by atoms with E-state index in [9.17, 15) is 9.59 Å². The normalized spacial score (nSPS) is 13.3. The predicted octanol–water partition coefficient (Wildman–Crippen LogP) is 4.54. The Hall–Kier alpha value is -3.31. The van der Waals surface area contributed by atoms with Crippen molar-refractivity contribution in [2.45, 2.75) is 0 Å². The van der Waals surface area contributed by atoms with E-state index in [1.54, 1.807) is 29.2 Å². The zero-order valence-corrected chi connectivity index (χ0v) is 16.4. The van der Waals surface area contributed by atoms with Gasteiger partial charge in [0.1, 0.15) is 0 Å². The number of benzene rings is 3. The lowest BCUT2D eigenvalue weighted by atomic mass is 9.99. The van der Waals surface area contributed by atoms with Crippen molar-refractivity contribution in [2.75, 3.05) is 25.0 Å². The molecule has 0 bridgehead atoms. The highest BCUT2D eigenvalue weighted by Crippen LogP contribution is 2.28. The number of carbonyl (C=O) groups excluding carboxylic acids is 2. The van der Waals surface area contributed by atoms with E-state index >= 15 is 0 Å². The zero-order valence-electron chi connectivity index (χ0n) is 15.7. The van der Waals surface area contributed by atoms with Crippen LogP contribution in [-0.2, 0) is 4.79 Å². The van der Waals surface area contributed by atoms with Crippen molar-refractivity contribution in [3.8, 4) is 0 Å². The number of hydrogen-bond donors (Lipinski definition) is 2. The molecule has 0 fully saturated rings. The average molecular weight is 406 g/mol. The van der Waals surface area contributed by atoms with Crippen LogP contribution in [0.1, 0.15) is 5.56 Å². The second-order valence-electron chi connectivity index (χ2n) is 6.85. The summed E-state index contributed by atoms with van der Waals surface area (Å²) >= 11 is 5.90. The predicted molar refractivity (Wildman–Crippen MR) is 117 cm³/mol. The molecule has 1 aliphatic rings. The van der Waals surface area contributed by atoms with Crippen molar-refractivity contribution in [3.05, 3.63) is 83.4 Å². The molecule has 0 saturated heterocycles. The van der Waals surface area contributed by atoms with Crippen LogP contribution >= 0.6 is 11.6 Å². The van der Waals surface area contributed by atoms with E-state index in [0.717, 1.165) is 11.1 Å². The summed E-state index contributed by atoms with van der Waals surface area (Å²) in [6.45, 7) is 1.00. The van der Waals surface area contributed by atoms with Gasteiger partial charge in [-0.3, -0.25) is 4.79 Å². The highest BCUT2D eigenvalue weighted by molar-refractivity contribution is 6.30. The van der Waals surface area contributed by atoms with Gasteiger partial charge in [-0.05, 0) is 40.1 Å². The summed E-state index contributed by atoms with van der Waals surface area (Å²) in [7, 11) is 0. The summed E-state index contributed by atoms with van der Waals surface area (Å²) in [6, 6.07) is 20.8. The maximum absolute atomic E-state index is 12.5. The molecule has 5 nitrogen and oxygen atoms in total. The van der Waals surface area contributed by atoms with Crippen LogP contribution in [0.3, 0.4) is 0 Å². The molecule has 0 atom stereocenters. The summed E-state index contributed by atoms with van der Waals surface area (Å²) in [6.07, 6.45) is 2.08. The number of amides is 3. The summed E-state index contributed by atoms with van der Waals surface area (Å²) in [4.78, 5) is 26.3. The molecule has 0 unspecified atom stereocenters. The average Bonchev–Trinajstić information content (AvgIpc) is 3.22. The number of rotatable bonds is 4. The van der Waals surface area contributed by atoms with Crippen molar-refractivity contribution in [1.82, 2.24) is 10.2 Å². The van der Waals surface area contributed by atoms with E-state index in [2.05, 4.69) is 41.0 Å². The molecule has 6 heteroatoms. The molecule has 1 aliphatic heterocycles. The van der Waals surface area contributed by atoms with Gasteiger partial charge in [0, 0.05) is 23.8 Å². The van der Waals surface area contributed by atoms with Crippen molar-refractivity contribution in [1.29, 1.82) is 0 Å². The quantitative estimate of drug-likeness (QED) is 0.669. The van der Waals surface area contributed by atoms with Gasteiger partial charge in [0.25, 0.3) is 0 Å². The molecule has 0 aliphatic carbocycles. The van der Waals surface area contributed by atoms with Crippen molar-refractivity contribution >= 4 is 45.6 Å². The largest absolute Gasteiger partial charge is 0.333 e. The van der Waals surface area contributed by atoms with Gasteiger partial charge in [-0.1, -0.05) is 66.2 Å². The number of nitrogens with zero attached hydrogens (tertiary/aromatic N) is 1. The zero-order chi connectivity index (χ0) is 20.2. The maximum Gasteiger partial charge on any atom is 0.319 e. The Balaban J connectivity index is 1.34. The van der Waals surface area contributed by atoms with Gasteiger partial charge in [0.15, 0.2) is 0 Å². The minimum absolute atomic E-state index is 0.0664. The van der Waals surface area contributed by atoms with Crippen LogP contribution in [0.5, 0.6) is 0 Å². The molecule has 0 aromatic heterocycles. The smallest absolute Gasteiger partial charge is 0.319 e. The monoisotopic (exact) mass is 405 g/mol. The second-order valence-corrected chi connectivity index (χ2v) is 7.28. The molecule has 0 saturated carbocycles. The molecule has 3 aromatic rings. The first-order valence-electron chi connectivity index (χ1n) is 9.35. The first-order valence-corrected chi connectivity index (χ1v) is 9.73. The van der Waals surface area contributed by atoms with Gasteiger partial charge >= 0.3 is 6.03 Å². The van der Waals surface area contributed by atoms with Crippen LogP contribution in [0.2, 0.25) is 5.02 Å². The third-order valence-corrected chi connectivity index (χ3v) is 5.13. The van der Waals surface area contributed by atoms with E-state index in [4.69, 9.17) is 11.6 Å². The minimum Gasteiger partial charge on any atom is -0.333 e. The van der Waals surface area contributed by atoms with Crippen LogP contribution in [-0.4, -0.2) is 36.5 Å². The van der Waals surface area contributed by atoms with Gasteiger partial charge in [-0.2, -0.15) is 0 Å². The van der Waals surface area contributed by atoms with Gasteiger partial charge in [0.2, 0.25) is 5.91 Å². The van der Waals surface area contributed by atoms with Crippen molar-refractivity contribution < 1.29 is 9.59 Å². The second kappa shape index (κ2) is 8.37. The molecular weight excluding hydrogens is 386 g/mol. The Morgan fingerprint density at radius 1 is 1.00 bits per heavy atom. The molecule has 146 valence electrons. The summed E-state index contributed by atoms with van der Waals surface area (Å²) in [5, 5.41) is 8.15. The molecule has 3 amide bonds. The molecule has 3 aromatic carbocycles. The van der Waals surface area contributed by atoms with Crippen LogP contribution in [0, 0.1) is 0 Å². The summed E-state index contributed by atoms with van der Waals surface area (Å²) in [5.74, 6) is -0.127. The SMILES string of the molecule is O=C(NCC(=O)N1CC=C(c2cccc3ccccc23)C1)Nc1cccc(Cl)c1. The fourth-order valence-corrected chi connectivity index (χ4v) is 3.65. The molecule has 29 heavy (non-hydrogen) atoms. The van der Waals surface area contributed by atoms with E-state index in [1.807, 2.05) is 18.2 Å². The third kappa shape index (κ3) is 4.41. The number of carbonyl (C=O) groups is 2. The van der Waals surface area contributed by atoms with Crippen LogP contribution < -0.4 is 10.6 Å². The maximum atomic E-state index is 12.5. The lowest BCUT2D eigenvalue weighted by molar-refractivity contribution is -0.128. The number of hydrogen-bond acceptors (Lipinski definition) is 2. The standard InChI is InChI=1S/C23H20ClN3O2/c24-18-7-4-8-19(13-18)26-23(29)25-14-22(28)27-12-11-17(15-27)21-10-3-6-16-5-1-2-9-20(16)21/h1-11,13H,12,14-15H2,(H2,25,26,29). The van der Waals surface area contributed by atoms with Crippen LogP contribution in [0.15, 0.2) is 72.8 Å². The van der Waals surface area contributed by atoms with Crippen molar-refractivity contribution in [3.63, 3.8) is 0 Å². The third-order valence-electron chi connectivity index (χ3n) is 4.89. The number of halogens is 1. The number of anilines is 1. The topological polar surface area (TPSA) is 61.4 Å². The molecular formula is C23H20ClN3O2. The first kappa shape index (κ1) is 19.0. The van der Waals surface area contributed by atoms with Crippen molar-refractivity contribution in [2.24, 2.45) is 0 Å². The van der Waals surface area contributed by atoms with Gasteiger partial charge in [-0.25, -0.2) is 4.79 Å². The molecule has 2 N–H and O–H groups in total. The minimum atomic E-state index is -0.443. The van der Waals surface area contributed by atoms with E-state index in [-0.39, 0.29) is 12.5 Å². The molecule has 0 radical (unpaired) electrons. The Bertz CT molecular complexity index is 1100. The van der Waals surface area contributed by atoms with E-state index < -0.39 is 6.03 Å². The molecule has 4 rings (SSSR count). The Kier molecular flexibility index (Phi) is 5.49. The molecule has 1 heterocycles.